The first kappa shape index (κ1) is 16.7. The number of carbonyl (C=O) groups is 1. The minimum absolute atomic E-state index is 0.264. The van der Waals surface area contributed by atoms with E-state index in [4.69, 9.17) is 19.5 Å². The van der Waals surface area contributed by atoms with Crippen LogP contribution in [0.4, 0.5) is 5.69 Å². The highest BCUT2D eigenvalue weighted by atomic mass is 16.7. The zero-order valence-corrected chi connectivity index (χ0v) is 13.8. The fourth-order valence-electron chi connectivity index (χ4n) is 2.36. The molecule has 0 spiro atoms. The van der Waals surface area contributed by atoms with Crippen molar-refractivity contribution in [1.82, 2.24) is 0 Å². The van der Waals surface area contributed by atoms with Gasteiger partial charge in [0.2, 0.25) is 0 Å². The molecule has 7 nitrogen and oxygen atoms in total. The quantitative estimate of drug-likeness (QED) is 0.224. The van der Waals surface area contributed by atoms with Gasteiger partial charge in [-0.1, -0.05) is 5.16 Å². The Kier molecular flexibility index (Phi) is 4.78. The molecule has 1 N–H and O–H groups in total. The Balaban J connectivity index is 2.50. The lowest BCUT2D eigenvalue weighted by Crippen LogP contribution is -2.43. The monoisotopic (exact) mass is 320 g/mol. The van der Waals surface area contributed by atoms with Crippen molar-refractivity contribution < 1.29 is 24.3 Å². The third-order valence-electron chi connectivity index (χ3n) is 3.75. The fourth-order valence-corrected chi connectivity index (χ4v) is 2.36. The first-order valence-corrected chi connectivity index (χ1v) is 7.06. The van der Waals surface area contributed by atoms with Gasteiger partial charge in [-0.25, -0.2) is 9.86 Å². The molecular weight excluding hydrogens is 300 g/mol. The topological polar surface area (TPSA) is 80.6 Å². The molecule has 0 amide bonds. The Hall–Kier alpha value is -2.70. The summed E-state index contributed by atoms with van der Waals surface area (Å²) in [5.41, 5.74) is 3.00. The molecule has 0 saturated carbocycles. The predicted molar refractivity (Wildman–Crippen MR) is 85.6 cm³/mol. The largest absolute Gasteiger partial charge is 0.503 e. The number of benzene rings is 1. The molecule has 1 atom stereocenters. The van der Waals surface area contributed by atoms with Gasteiger partial charge in [-0.15, -0.1) is 0 Å². The second kappa shape index (κ2) is 6.60. The van der Waals surface area contributed by atoms with Gasteiger partial charge in [0.15, 0.2) is 5.75 Å². The van der Waals surface area contributed by atoms with Crippen LogP contribution in [0, 0.1) is 6.92 Å². The van der Waals surface area contributed by atoms with Crippen LogP contribution in [0.1, 0.15) is 25.0 Å². The van der Waals surface area contributed by atoms with Crippen LogP contribution in [-0.2, 0) is 14.3 Å². The zero-order valence-electron chi connectivity index (χ0n) is 13.8. The number of carbonyl (C=O) groups excluding carboxylic acids is 1. The van der Waals surface area contributed by atoms with Gasteiger partial charge in [0.1, 0.15) is 11.6 Å². The predicted octanol–water partition coefficient (Wildman–Crippen LogP) is 2.51. The number of rotatable bonds is 5. The van der Waals surface area contributed by atoms with Crippen molar-refractivity contribution in [3.05, 3.63) is 29.5 Å². The molecule has 2 aliphatic heterocycles. The summed E-state index contributed by atoms with van der Waals surface area (Å²) in [6.07, 6.45) is 1.33. The molecule has 2 bridgehead atoms. The summed E-state index contributed by atoms with van der Waals surface area (Å²) in [6, 6.07) is 3.49. The van der Waals surface area contributed by atoms with Crippen LogP contribution in [0.2, 0.25) is 0 Å². The van der Waals surface area contributed by atoms with Crippen LogP contribution >= 0.6 is 0 Å². The number of hydrogen-bond donors (Lipinski definition) is 1. The number of fused-ring (bicyclic) bond motifs is 3. The van der Waals surface area contributed by atoms with E-state index in [0.717, 1.165) is 11.3 Å². The van der Waals surface area contributed by atoms with E-state index in [-0.39, 0.29) is 11.6 Å². The van der Waals surface area contributed by atoms with Crippen LogP contribution in [-0.4, -0.2) is 37.1 Å². The normalized spacial score (nSPS) is 15.3. The zero-order chi connectivity index (χ0) is 17.1. The molecule has 1 aromatic carbocycles. The van der Waals surface area contributed by atoms with Gasteiger partial charge in [0.05, 0.1) is 31.9 Å². The summed E-state index contributed by atoms with van der Waals surface area (Å²) < 4.78 is 9.79. The number of ether oxygens (including phenoxy) is 2. The number of anilines is 1. The van der Waals surface area contributed by atoms with Crippen molar-refractivity contribution in [1.29, 1.82) is 0 Å². The summed E-state index contributed by atoms with van der Waals surface area (Å²) in [6.45, 7) is 5.44. The lowest BCUT2D eigenvalue weighted by atomic mass is 9.99. The third-order valence-corrected chi connectivity index (χ3v) is 3.75. The van der Waals surface area contributed by atoms with Gasteiger partial charge >= 0.3 is 5.97 Å². The number of esters is 1. The summed E-state index contributed by atoms with van der Waals surface area (Å²) >= 11 is 0. The Morgan fingerprint density at radius 2 is 2.13 bits per heavy atom. The van der Waals surface area contributed by atoms with E-state index in [9.17, 15) is 4.79 Å². The lowest BCUT2D eigenvalue weighted by molar-refractivity contribution is -0.133. The van der Waals surface area contributed by atoms with E-state index in [1.165, 1.54) is 20.5 Å². The van der Waals surface area contributed by atoms with Crippen molar-refractivity contribution in [2.24, 2.45) is 5.16 Å². The van der Waals surface area contributed by atoms with Gasteiger partial charge in [-0.05, 0) is 38.5 Å². The van der Waals surface area contributed by atoms with Crippen molar-refractivity contribution in [3.63, 3.8) is 0 Å². The molecule has 0 aliphatic carbocycles. The summed E-state index contributed by atoms with van der Waals surface area (Å²) in [5, 5.41) is 13.8. The molecule has 3 rings (SSSR count). The maximum absolute atomic E-state index is 12.0. The van der Waals surface area contributed by atoms with Gasteiger partial charge < -0.3 is 19.5 Å². The van der Waals surface area contributed by atoms with Crippen molar-refractivity contribution >= 4 is 22.9 Å². The molecule has 0 radical (unpaired) electrons. The van der Waals surface area contributed by atoms with Crippen molar-refractivity contribution in [2.75, 3.05) is 19.3 Å². The van der Waals surface area contributed by atoms with Crippen LogP contribution in [0.15, 0.2) is 23.6 Å². The number of aryl methyl sites for hydroxylation is 1. The van der Waals surface area contributed by atoms with E-state index in [0.29, 0.717) is 17.0 Å². The fraction of sp³-hybridized carbons (Fsp3) is 0.375. The molecule has 0 aromatic heterocycles. The first-order chi connectivity index (χ1) is 10.9. The molecule has 23 heavy (non-hydrogen) atoms. The van der Waals surface area contributed by atoms with Gasteiger partial charge in [0.25, 0.3) is 0 Å². The van der Waals surface area contributed by atoms with Gasteiger partial charge in [-0.2, -0.15) is 0 Å². The number of methoxy groups -OCH3 is 2. The summed E-state index contributed by atoms with van der Waals surface area (Å²) in [4.78, 5) is 17.9. The molecule has 124 valence electrons. The van der Waals surface area contributed by atoms with Crippen LogP contribution in [0.3, 0.4) is 0 Å². The van der Waals surface area contributed by atoms with E-state index in [1.807, 2.05) is 26.0 Å². The summed E-state index contributed by atoms with van der Waals surface area (Å²) in [7, 11) is 2.77. The van der Waals surface area contributed by atoms with Crippen LogP contribution in [0.25, 0.3) is 5.57 Å². The standard InChI is InChI=1S/C16H20N2O5/c1-9-6-12-7-13(14(8-21-4)16(19)22-5)15(9)23-18(12)11(3)10(2)17-20/h6-8,11,20H,1-5H3. The Labute approximate surface area is 134 Å². The SMILES string of the molecule is COC=C(C(=O)OC)c1cc2cc(C)c1ON2C(C)C(C)=NO. The van der Waals surface area contributed by atoms with Crippen molar-refractivity contribution in [2.45, 2.75) is 26.8 Å². The smallest absolute Gasteiger partial charge is 0.341 e. The number of hydrogen-bond acceptors (Lipinski definition) is 7. The molecule has 2 heterocycles. The first-order valence-electron chi connectivity index (χ1n) is 7.06. The van der Waals surface area contributed by atoms with Gasteiger partial charge in [0, 0.05) is 5.56 Å². The molecule has 0 saturated heterocycles. The minimum atomic E-state index is -0.511. The Morgan fingerprint density at radius 1 is 1.43 bits per heavy atom. The van der Waals surface area contributed by atoms with Crippen LogP contribution in [0.5, 0.6) is 5.75 Å². The molecule has 1 aromatic rings. The maximum atomic E-state index is 12.0. The number of nitrogens with zero attached hydrogens (tertiary/aromatic N) is 2. The molecule has 7 heteroatoms. The van der Waals surface area contributed by atoms with E-state index in [2.05, 4.69) is 5.16 Å². The van der Waals surface area contributed by atoms with Crippen LogP contribution < -0.4 is 9.90 Å². The molecule has 2 aliphatic rings. The third kappa shape index (κ3) is 2.94. The molecule has 1 unspecified atom stereocenters. The average molecular weight is 320 g/mol. The second-order valence-corrected chi connectivity index (χ2v) is 5.23. The highest BCUT2D eigenvalue weighted by Gasteiger charge is 2.31. The van der Waals surface area contributed by atoms with Gasteiger partial charge in [-0.3, -0.25) is 0 Å². The van der Waals surface area contributed by atoms with E-state index in [1.54, 1.807) is 12.0 Å². The number of hydroxylamine groups is 1. The van der Waals surface area contributed by atoms with E-state index >= 15 is 0 Å². The maximum Gasteiger partial charge on any atom is 0.341 e. The Bertz CT molecular complexity index is 681. The highest BCUT2D eigenvalue weighted by Crippen LogP contribution is 2.41. The van der Waals surface area contributed by atoms with Crippen molar-refractivity contribution in [3.8, 4) is 5.75 Å². The average Bonchev–Trinajstić information content (AvgIpc) is 2.57. The van der Waals surface area contributed by atoms with E-state index < -0.39 is 5.97 Å². The second-order valence-electron chi connectivity index (χ2n) is 5.23. The lowest BCUT2D eigenvalue weighted by Gasteiger charge is -2.36. The molecule has 0 fully saturated rings. The minimum Gasteiger partial charge on any atom is -0.503 e. The number of oxime groups is 1. The highest BCUT2D eigenvalue weighted by molar-refractivity contribution is 6.17. The molecular formula is C16H20N2O5. The Morgan fingerprint density at radius 3 is 2.65 bits per heavy atom. The summed E-state index contributed by atoms with van der Waals surface area (Å²) in [5.74, 6) is 0.0224.